The van der Waals surface area contributed by atoms with Crippen molar-refractivity contribution in [1.29, 1.82) is 0 Å². The van der Waals surface area contributed by atoms with Crippen molar-refractivity contribution >= 4 is 11.8 Å². The zero-order valence-corrected chi connectivity index (χ0v) is 15.7. The topological polar surface area (TPSA) is 100 Å². The molecular formula is C20H18F3N3O4. The molecule has 0 radical (unpaired) electrons. The number of hydrogen-bond acceptors (Lipinski definition) is 4. The molecule has 0 saturated heterocycles. The van der Waals surface area contributed by atoms with Gasteiger partial charge in [0, 0.05) is 36.5 Å². The van der Waals surface area contributed by atoms with E-state index in [2.05, 4.69) is 10.6 Å². The van der Waals surface area contributed by atoms with Gasteiger partial charge in [0.05, 0.1) is 6.04 Å². The summed E-state index contributed by atoms with van der Waals surface area (Å²) in [7, 11) is 0. The minimum absolute atomic E-state index is 0.182. The molecule has 2 unspecified atom stereocenters. The molecule has 4 rings (SSSR count). The maximum absolute atomic E-state index is 13.8. The third-order valence-corrected chi connectivity index (χ3v) is 5.60. The molecule has 2 heterocycles. The van der Waals surface area contributed by atoms with Gasteiger partial charge >= 0.3 is 0 Å². The number of nitrogens with one attached hydrogen (secondary N) is 2. The Labute approximate surface area is 168 Å². The number of carbonyl (C=O) groups is 2. The van der Waals surface area contributed by atoms with Gasteiger partial charge in [-0.05, 0) is 12.8 Å². The number of halogens is 3. The van der Waals surface area contributed by atoms with Crippen LogP contribution in [0.1, 0.15) is 58.1 Å². The molecule has 2 atom stereocenters. The molecular weight excluding hydrogens is 403 g/mol. The van der Waals surface area contributed by atoms with E-state index >= 15 is 0 Å². The van der Waals surface area contributed by atoms with Crippen molar-refractivity contribution in [1.82, 2.24) is 15.2 Å². The van der Waals surface area contributed by atoms with Crippen LogP contribution in [0.5, 0.6) is 5.75 Å². The summed E-state index contributed by atoms with van der Waals surface area (Å²) < 4.78 is 42.0. The monoisotopic (exact) mass is 421 g/mol. The van der Waals surface area contributed by atoms with Crippen molar-refractivity contribution in [3.8, 4) is 5.75 Å². The number of aromatic nitrogens is 1. The van der Waals surface area contributed by atoms with E-state index in [9.17, 15) is 32.7 Å². The zero-order chi connectivity index (χ0) is 21.6. The van der Waals surface area contributed by atoms with E-state index in [1.165, 1.54) is 10.8 Å². The third kappa shape index (κ3) is 3.31. The molecule has 1 aromatic carbocycles. The van der Waals surface area contributed by atoms with Crippen LogP contribution in [0.4, 0.5) is 13.2 Å². The van der Waals surface area contributed by atoms with Gasteiger partial charge in [0.15, 0.2) is 11.4 Å². The number of pyridine rings is 1. The summed E-state index contributed by atoms with van der Waals surface area (Å²) in [5.41, 5.74) is -2.31. The fraction of sp³-hybridized carbons (Fsp3) is 0.350. The first kappa shape index (κ1) is 20.0. The first-order valence-electron chi connectivity index (χ1n) is 9.48. The largest absolute Gasteiger partial charge is 0.503 e. The molecule has 1 aromatic heterocycles. The van der Waals surface area contributed by atoms with Crippen LogP contribution in [0.3, 0.4) is 0 Å². The van der Waals surface area contributed by atoms with Crippen LogP contribution in [0, 0.1) is 17.5 Å². The fourth-order valence-corrected chi connectivity index (χ4v) is 4.12. The maximum Gasteiger partial charge on any atom is 0.272 e. The molecule has 0 bridgehead atoms. The summed E-state index contributed by atoms with van der Waals surface area (Å²) in [6, 6.07) is 0.549. The van der Waals surface area contributed by atoms with Gasteiger partial charge in [0.1, 0.15) is 23.0 Å². The van der Waals surface area contributed by atoms with Crippen molar-refractivity contribution in [3.63, 3.8) is 0 Å². The van der Waals surface area contributed by atoms with Gasteiger partial charge in [-0.15, -0.1) is 0 Å². The van der Waals surface area contributed by atoms with Crippen molar-refractivity contribution < 1.29 is 27.9 Å². The SMILES string of the molecule is O=C(NCc1c(F)cc(F)cc1F)c1cn2c(c(O)c1=O)C(=O)NC1CCCCC12. The average Bonchev–Trinajstić information content (AvgIpc) is 2.69. The lowest BCUT2D eigenvalue weighted by molar-refractivity contribution is 0.0838. The molecule has 7 nitrogen and oxygen atoms in total. The van der Waals surface area contributed by atoms with Crippen LogP contribution >= 0.6 is 0 Å². The summed E-state index contributed by atoms with van der Waals surface area (Å²) in [6.07, 6.45) is 4.42. The van der Waals surface area contributed by atoms with E-state index in [0.717, 1.165) is 19.3 Å². The lowest BCUT2D eigenvalue weighted by Crippen LogP contribution is -2.50. The Hall–Kier alpha value is -3.30. The number of amides is 2. The summed E-state index contributed by atoms with van der Waals surface area (Å²) in [5, 5.41) is 15.3. The van der Waals surface area contributed by atoms with Crippen LogP contribution in [-0.4, -0.2) is 27.5 Å². The van der Waals surface area contributed by atoms with Gasteiger partial charge in [-0.1, -0.05) is 12.8 Å². The van der Waals surface area contributed by atoms with Crippen molar-refractivity contribution in [2.24, 2.45) is 0 Å². The predicted octanol–water partition coefficient (Wildman–Crippen LogP) is 2.13. The number of benzene rings is 1. The number of fused-ring (bicyclic) bond motifs is 3. The number of nitrogens with zero attached hydrogens (tertiary/aromatic N) is 1. The fourth-order valence-electron chi connectivity index (χ4n) is 4.12. The molecule has 30 heavy (non-hydrogen) atoms. The highest BCUT2D eigenvalue weighted by Gasteiger charge is 2.37. The number of rotatable bonds is 3. The lowest BCUT2D eigenvalue weighted by atomic mass is 9.87. The molecule has 1 saturated carbocycles. The van der Waals surface area contributed by atoms with Crippen LogP contribution in [-0.2, 0) is 6.54 Å². The minimum atomic E-state index is -1.18. The lowest BCUT2D eigenvalue weighted by Gasteiger charge is -2.39. The molecule has 158 valence electrons. The quantitative estimate of drug-likeness (QED) is 0.707. The Bertz CT molecular complexity index is 1090. The normalized spacial score (nSPS) is 20.2. The Morgan fingerprint density at radius 3 is 2.53 bits per heavy atom. The molecule has 1 aliphatic carbocycles. The second-order valence-corrected chi connectivity index (χ2v) is 7.44. The van der Waals surface area contributed by atoms with E-state index in [0.29, 0.717) is 18.6 Å². The van der Waals surface area contributed by atoms with E-state index < -0.39 is 58.1 Å². The maximum atomic E-state index is 13.8. The molecule has 1 fully saturated rings. The Balaban J connectivity index is 1.67. The average molecular weight is 421 g/mol. The molecule has 10 heteroatoms. The van der Waals surface area contributed by atoms with Gasteiger partial charge in [-0.3, -0.25) is 14.4 Å². The predicted molar refractivity (Wildman–Crippen MR) is 98.6 cm³/mol. The Kier molecular flexibility index (Phi) is 5.00. The number of aromatic hydroxyl groups is 1. The molecule has 2 aromatic rings. The van der Waals surface area contributed by atoms with Crippen molar-refractivity contribution in [2.75, 3.05) is 0 Å². The van der Waals surface area contributed by atoms with Gasteiger partial charge < -0.3 is 20.3 Å². The highest BCUT2D eigenvalue weighted by molar-refractivity contribution is 5.99. The summed E-state index contributed by atoms with van der Waals surface area (Å²) in [4.78, 5) is 37.4. The number of carbonyl (C=O) groups excluding carboxylic acids is 2. The van der Waals surface area contributed by atoms with Gasteiger partial charge in [0.2, 0.25) is 5.43 Å². The highest BCUT2D eigenvalue weighted by atomic mass is 19.1. The smallest absolute Gasteiger partial charge is 0.272 e. The molecule has 2 aliphatic rings. The van der Waals surface area contributed by atoms with Gasteiger partial charge in [-0.2, -0.15) is 0 Å². The molecule has 1 aliphatic heterocycles. The Morgan fingerprint density at radius 2 is 1.83 bits per heavy atom. The molecule has 2 amide bonds. The van der Waals surface area contributed by atoms with E-state index in [1.54, 1.807) is 0 Å². The second kappa shape index (κ2) is 7.51. The van der Waals surface area contributed by atoms with E-state index in [1.807, 2.05) is 0 Å². The summed E-state index contributed by atoms with van der Waals surface area (Å²) in [5.74, 6) is -5.90. The summed E-state index contributed by atoms with van der Waals surface area (Å²) >= 11 is 0. The standard InChI is InChI=1S/C20H18F3N3O4/c21-9-5-12(22)10(13(23)6-9)7-24-19(29)11-8-26-15-4-2-1-3-14(15)25-20(30)16(26)18(28)17(11)27/h5-6,8,14-15,28H,1-4,7H2,(H,24,29)(H,25,30). The minimum Gasteiger partial charge on any atom is -0.503 e. The van der Waals surface area contributed by atoms with Crippen molar-refractivity contribution in [2.45, 2.75) is 44.3 Å². The number of hydrogen-bond donors (Lipinski definition) is 3. The highest BCUT2D eigenvalue weighted by Crippen LogP contribution is 2.34. The van der Waals surface area contributed by atoms with Crippen LogP contribution in [0.25, 0.3) is 0 Å². The van der Waals surface area contributed by atoms with E-state index in [4.69, 9.17) is 0 Å². The van der Waals surface area contributed by atoms with Gasteiger partial charge in [-0.25, -0.2) is 13.2 Å². The van der Waals surface area contributed by atoms with E-state index in [-0.39, 0.29) is 17.8 Å². The molecule has 3 N–H and O–H groups in total. The van der Waals surface area contributed by atoms with Crippen LogP contribution in [0.15, 0.2) is 23.1 Å². The van der Waals surface area contributed by atoms with Crippen LogP contribution < -0.4 is 16.1 Å². The first-order valence-corrected chi connectivity index (χ1v) is 9.48. The summed E-state index contributed by atoms with van der Waals surface area (Å²) in [6.45, 7) is -0.634. The van der Waals surface area contributed by atoms with Crippen molar-refractivity contribution in [3.05, 3.63) is 62.8 Å². The molecule has 0 spiro atoms. The first-order chi connectivity index (χ1) is 14.3. The third-order valence-electron chi connectivity index (χ3n) is 5.60. The Morgan fingerprint density at radius 1 is 1.17 bits per heavy atom. The zero-order valence-electron chi connectivity index (χ0n) is 15.7. The second-order valence-electron chi connectivity index (χ2n) is 7.44. The van der Waals surface area contributed by atoms with Gasteiger partial charge in [0.25, 0.3) is 11.8 Å². The van der Waals surface area contributed by atoms with Crippen LogP contribution in [0.2, 0.25) is 0 Å².